The first kappa shape index (κ1) is 10.3. The van der Waals surface area contributed by atoms with E-state index in [9.17, 15) is 0 Å². The van der Waals surface area contributed by atoms with Crippen LogP contribution in [0.3, 0.4) is 0 Å². The Bertz CT molecular complexity index is 408. The second-order valence-electron chi connectivity index (χ2n) is 3.49. The second-order valence-corrected chi connectivity index (χ2v) is 4.33. The number of aryl methyl sites for hydroxylation is 1. The van der Waals surface area contributed by atoms with Crippen LogP contribution in [0.4, 0.5) is 0 Å². The molecule has 15 heavy (non-hydrogen) atoms. The molecule has 0 atom stereocenters. The Morgan fingerprint density at radius 3 is 2.93 bits per heavy atom. The topological polar surface area (TPSA) is 57.7 Å². The minimum absolute atomic E-state index is 0.810. The highest BCUT2D eigenvalue weighted by molar-refractivity contribution is 7.05. The normalized spacial score (nSPS) is 11.1. The van der Waals surface area contributed by atoms with Gasteiger partial charge in [-0.1, -0.05) is 4.49 Å². The molecular weight excluding hydrogens is 210 g/mol. The van der Waals surface area contributed by atoms with Gasteiger partial charge in [0.2, 0.25) is 0 Å². The van der Waals surface area contributed by atoms with Gasteiger partial charge in [0.1, 0.15) is 5.82 Å². The molecule has 2 aromatic rings. The summed E-state index contributed by atoms with van der Waals surface area (Å²) in [5.74, 6) is 0.979. The van der Waals surface area contributed by atoms with E-state index in [1.165, 1.54) is 16.4 Å². The average Bonchev–Trinajstić information content (AvgIpc) is 2.79. The molecule has 0 bridgehead atoms. The lowest BCUT2D eigenvalue weighted by atomic mass is 10.3. The molecule has 80 valence electrons. The monoisotopic (exact) mass is 223 g/mol. The zero-order valence-electron chi connectivity index (χ0n) is 8.77. The number of aromatic amines is 1. The summed E-state index contributed by atoms with van der Waals surface area (Å²) in [6.07, 6.45) is 3.60. The minimum atomic E-state index is 0.810. The predicted octanol–water partition coefficient (Wildman–Crippen LogP) is 1.20. The van der Waals surface area contributed by atoms with E-state index in [2.05, 4.69) is 31.5 Å². The van der Waals surface area contributed by atoms with Crippen LogP contribution in [-0.2, 0) is 13.1 Å². The summed E-state index contributed by atoms with van der Waals surface area (Å²) < 4.78 is 3.91. The van der Waals surface area contributed by atoms with Crippen LogP contribution < -0.4 is 0 Å². The van der Waals surface area contributed by atoms with E-state index >= 15 is 0 Å². The van der Waals surface area contributed by atoms with Crippen molar-refractivity contribution >= 4 is 11.5 Å². The quantitative estimate of drug-likeness (QED) is 0.846. The molecule has 0 amide bonds. The van der Waals surface area contributed by atoms with Gasteiger partial charge in [-0.05, 0) is 25.5 Å². The molecule has 0 fully saturated rings. The Labute approximate surface area is 92.3 Å². The Morgan fingerprint density at radius 1 is 1.47 bits per heavy atom. The van der Waals surface area contributed by atoms with E-state index in [-0.39, 0.29) is 0 Å². The summed E-state index contributed by atoms with van der Waals surface area (Å²) in [5, 5.41) is 3.99. The van der Waals surface area contributed by atoms with Crippen molar-refractivity contribution in [1.29, 1.82) is 0 Å². The molecule has 0 aliphatic heterocycles. The van der Waals surface area contributed by atoms with E-state index in [1.54, 1.807) is 6.20 Å². The lowest BCUT2D eigenvalue weighted by Gasteiger charge is -2.13. The molecule has 2 heterocycles. The number of hydrogen-bond donors (Lipinski definition) is 1. The second kappa shape index (κ2) is 4.50. The summed E-state index contributed by atoms with van der Waals surface area (Å²) in [6, 6.07) is 0. The minimum Gasteiger partial charge on any atom is -0.348 e. The molecule has 0 saturated carbocycles. The molecular formula is C9H13N5S. The molecule has 0 aromatic carbocycles. The van der Waals surface area contributed by atoms with Crippen LogP contribution in [0.5, 0.6) is 0 Å². The molecule has 5 nitrogen and oxygen atoms in total. The van der Waals surface area contributed by atoms with Crippen molar-refractivity contribution < 1.29 is 0 Å². The van der Waals surface area contributed by atoms with Gasteiger partial charge in [-0.3, -0.25) is 4.90 Å². The molecule has 0 aliphatic rings. The van der Waals surface area contributed by atoms with E-state index < -0.39 is 0 Å². The number of imidazole rings is 1. The third kappa shape index (κ3) is 2.60. The predicted molar refractivity (Wildman–Crippen MR) is 58.4 cm³/mol. The van der Waals surface area contributed by atoms with Gasteiger partial charge in [0.05, 0.1) is 17.1 Å². The van der Waals surface area contributed by atoms with Crippen LogP contribution in [-0.4, -0.2) is 31.5 Å². The number of H-pyrrole nitrogens is 1. The van der Waals surface area contributed by atoms with Crippen molar-refractivity contribution in [1.82, 2.24) is 24.5 Å². The zero-order valence-corrected chi connectivity index (χ0v) is 9.58. The fourth-order valence-corrected chi connectivity index (χ4v) is 2.05. The molecule has 2 rings (SSSR count). The average molecular weight is 223 g/mol. The number of nitrogens with one attached hydrogen (secondary N) is 1. The van der Waals surface area contributed by atoms with Gasteiger partial charge in [0.15, 0.2) is 0 Å². The number of nitrogens with zero attached hydrogens (tertiary/aromatic N) is 4. The fraction of sp³-hybridized carbons (Fsp3) is 0.444. The van der Waals surface area contributed by atoms with E-state index in [0.29, 0.717) is 0 Å². The van der Waals surface area contributed by atoms with Crippen molar-refractivity contribution in [3.8, 4) is 0 Å². The van der Waals surface area contributed by atoms with Crippen LogP contribution in [0, 0.1) is 6.92 Å². The maximum Gasteiger partial charge on any atom is 0.120 e. The van der Waals surface area contributed by atoms with Crippen LogP contribution in [0.25, 0.3) is 0 Å². The summed E-state index contributed by atoms with van der Waals surface area (Å²) in [6.45, 7) is 3.66. The smallest absolute Gasteiger partial charge is 0.120 e. The van der Waals surface area contributed by atoms with Crippen molar-refractivity contribution in [2.75, 3.05) is 7.05 Å². The van der Waals surface area contributed by atoms with Crippen LogP contribution >= 0.6 is 11.5 Å². The van der Waals surface area contributed by atoms with E-state index in [0.717, 1.165) is 24.6 Å². The molecule has 1 N–H and O–H groups in total. The molecule has 0 spiro atoms. The van der Waals surface area contributed by atoms with Crippen LogP contribution in [0.1, 0.15) is 16.4 Å². The molecule has 2 aromatic heterocycles. The van der Waals surface area contributed by atoms with Gasteiger partial charge in [-0.2, -0.15) is 0 Å². The van der Waals surface area contributed by atoms with Crippen molar-refractivity contribution in [2.45, 2.75) is 20.0 Å². The Balaban J connectivity index is 1.93. The highest BCUT2D eigenvalue weighted by Gasteiger charge is 2.07. The summed E-state index contributed by atoms with van der Waals surface area (Å²) in [7, 11) is 2.06. The summed E-state index contributed by atoms with van der Waals surface area (Å²) in [5.41, 5.74) is 1.02. The third-order valence-electron chi connectivity index (χ3n) is 2.13. The fourth-order valence-electron chi connectivity index (χ4n) is 1.34. The molecule has 0 unspecified atom stereocenters. The number of hydrogen-bond acceptors (Lipinski definition) is 5. The van der Waals surface area contributed by atoms with Gasteiger partial charge in [-0.15, -0.1) is 5.10 Å². The molecule has 0 aliphatic carbocycles. The molecule has 0 saturated heterocycles. The van der Waals surface area contributed by atoms with Gasteiger partial charge in [0, 0.05) is 18.9 Å². The number of rotatable bonds is 4. The standard InChI is InChI=1S/C9H13N5S/c1-7-8(15-13-12-7)5-14(2)6-9-10-3-4-11-9/h3-4H,5-6H2,1-2H3,(H,10,11). The van der Waals surface area contributed by atoms with Gasteiger partial charge in [0.25, 0.3) is 0 Å². The highest BCUT2D eigenvalue weighted by Crippen LogP contribution is 2.12. The first-order valence-electron chi connectivity index (χ1n) is 4.70. The highest BCUT2D eigenvalue weighted by atomic mass is 32.1. The maximum absolute atomic E-state index is 4.18. The third-order valence-corrected chi connectivity index (χ3v) is 2.94. The SMILES string of the molecule is Cc1nnsc1CN(C)Cc1ncc[nH]1. The van der Waals surface area contributed by atoms with Crippen LogP contribution in [0.15, 0.2) is 12.4 Å². The van der Waals surface area contributed by atoms with Crippen molar-refractivity contribution in [3.05, 3.63) is 28.8 Å². The maximum atomic E-state index is 4.18. The Hall–Kier alpha value is -1.27. The van der Waals surface area contributed by atoms with Gasteiger partial charge in [-0.25, -0.2) is 4.98 Å². The number of aromatic nitrogens is 4. The first-order chi connectivity index (χ1) is 7.25. The van der Waals surface area contributed by atoms with Gasteiger partial charge >= 0.3 is 0 Å². The Kier molecular flexibility index (Phi) is 3.08. The molecule has 6 heteroatoms. The van der Waals surface area contributed by atoms with Crippen molar-refractivity contribution in [3.63, 3.8) is 0 Å². The van der Waals surface area contributed by atoms with E-state index in [4.69, 9.17) is 0 Å². The lowest BCUT2D eigenvalue weighted by Crippen LogP contribution is -2.17. The summed E-state index contributed by atoms with van der Waals surface area (Å²) in [4.78, 5) is 10.7. The lowest BCUT2D eigenvalue weighted by molar-refractivity contribution is 0.313. The first-order valence-corrected chi connectivity index (χ1v) is 5.47. The Morgan fingerprint density at radius 2 is 2.33 bits per heavy atom. The summed E-state index contributed by atoms with van der Waals surface area (Å²) >= 11 is 1.46. The van der Waals surface area contributed by atoms with Crippen molar-refractivity contribution in [2.24, 2.45) is 0 Å². The van der Waals surface area contributed by atoms with Gasteiger partial charge < -0.3 is 4.98 Å². The molecule has 0 radical (unpaired) electrons. The zero-order chi connectivity index (χ0) is 10.7. The van der Waals surface area contributed by atoms with E-state index in [1.807, 2.05) is 13.1 Å². The largest absolute Gasteiger partial charge is 0.348 e. The van der Waals surface area contributed by atoms with Crippen LogP contribution in [0.2, 0.25) is 0 Å².